The summed E-state index contributed by atoms with van der Waals surface area (Å²) in [6.07, 6.45) is 2.94. The molecule has 3 amide bonds. The van der Waals surface area contributed by atoms with E-state index in [4.69, 9.17) is 9.47 Å². The number of carbonyl (C=O) groups is 2. The molecule has 8 nitrogen and oxygen atoms in total. The van der Waals surface area contributed by atoms with Crippen LogP contribution >= 0.6 is 0 Å². The number of amides is 3. The van der Waals surface area contributed by atoms with Gasteiger partial charge in [-0.2, -0.15) is 0 Å². The highest BCUT2D eigenvalue weighted by molar-refractivity contribution is 6.04. The van der Waals surface area contributed by atoms with Gasteiger partial charge in [-0.05, 0) is 62.4 Å². The number of piperidine rings is 1. The van der Waals surface area contributed by atoms with Gasteiger partial charge in [-0.3, -0.25) is 4.79 Å². The number of ether oxygens (including phenoxy) is 2. The van der Waals surface area contributed by atoms with Crippen LogP contribution in [0.5, 0.6) is 5.75 Å². The van der Waals surface area contributed by atoms with Crippen LogP contribution in [0.2, 0.25) is 0 Å². The van der Waals surface area contributed by atoms with Crippen LogP contribution in [0.15, 0.2) is 42.5 Å². The molecule has 2 aromatic rings. The van der Waals surface area contributed by atoms with E-state index in [1.54, 1.807) is 31.4 Å². The molecule has 0 atom stereocenters. The fourth-order valence-corrected chi connectivity index (χ4v) is 3.93. The third-order valence-electron chi connectivity index (χ3n) is 5.91. The summed E-state index contributed by atoms with van der Waals surface area (Å²) in [6.45, 7) is 7.84. The van der Waals surface area contributed by atoms with Crippen molar-refractivity contribution in [2.24, 2.45) is 5.92 Å². The van der Waals surface area contributed by atoms with Gasteiger partial charge < -0.3 is 30.3 Å². The molecule has 0 unspecified atom stereocenters. The second kappa shape index (κ2) is 12.8. The van der Waals surface area contributed by atoms with E-state index in [1.165, 1.54) is 0 Å². The Morgan fingerprint density at radius 3 is 2.50 bits per heavy atom. The SMILES string of the molecule is CCOCCCNC(=O)c1cc(NC(=O)Nc2cccc(OC)c2)ccc1N1CCC(C)CC1. The summed E-state index contributed by atoms with van der Waals surface area (Å²) >= 11 is 0. The number of urea groups is 1. The topological polar surface area (TPSA) is 91.9 Å². The van der Waals surface area contributed by atoms with Crippen LogP contribution in [0.1, 0.15) is 43.5 Å². The molecule has 2 aromatic carbocycles. The van der Waals surface area contributed by atoms with Crippen molar-refractivity contribution >= 4 is 29.0 Å². The lowest BCUT2D eigenvalue weighted by Crippen LogP contribution is -2.35. The van der Waals surface area contributed by atoms with Gasteiger partial charge in [-0.25, -0.2) is 4.79 Å². The molecule has 0 aliphatic carbocycles. The number of nitrogens with zero attached hydrogens (tertiary/aromatic N) is 1. The predicted octanol–water partition coefficient (Wildman–Crippen LogP) is 4.73. The van der Waals surface area contributed by atoms with Gasteiger partial charge in [-0.15, -0.1) is 0 Å². The van der Waals surface area contributed by atoms with Crippen LogP contribution in [0.3, 0.4) is 0 Å². The maximum Gasteiger partial charge on any atom is 0.323 e. The average Bonchev–Trinajstić information content (AvgIpc) is 2.84. The zero-order valence-electron chi connectivity index (χ0n) is 20.4. The van der Waals surface area contributed by atoms with E-state index >= 15 is 0 Å². The van der Waals surface area contributed by atoms with E-state index < -0.39 is 6.03 Å². The number of benzene rings is 2. The van der Waals surface area contributed by atoms with Gasteiger partial charge in [0, 0.05) is 56.0 Å². The maximum atomic E-state index is 13.1. The van der Waals surface area contributed by atoms with E-state index in [9.17, 15) is 9.59 Å². The molecule has 184 valence electrons. The van der Waals surface area contributed by atoms with Crippen molar-refractivity contribution in [2.45, 2.75) is 33.1 Å². The fraction of sp³-hybridized carbons (Fsp3) is 0.462. The maximum absolute atomic E-state index is 13.1. The Kier molecular flexibility index (Phi) is 9.58. The minimum Gasteiger partial charge on any atom is -0.497 e. The summed E-state index contributed by atoms with van der Waals surface area (Å²) in [5, 5.41) is 8.62. The lowest BCUT2D eigenvalue weighted by Gasteiger charge is -2.33. The average molecular weight is 469 g/mol. The predicted molar refractivity (Wildman–Crippen MR) is 136 cm³/mol. The van der Waals surface area contributed by atoms with Crippen LogP contribution < -0.4 is 25.6 Å². The number of rotatable bonds is 10. The van der Waals surface area contributed by atoms with Gasteiger partial charge in [0.1, 0.15) is 5.75 Å². The van der Waals surface area contributed by atoms with E-state index in [1.807, 2.05) is 25.1 Å². The second-order valence-corrected chi connectivity index (χ2v) is 8.52. The minimum absolute atomic E-state index is 0.151. The first-order chi connectivity index (χ1) is 16.5. The molecule has 1 heterocycles. The Morgan fingerprint density at radius 2 is 1.79 bits per heavy atom. The normalized spacial score (nSPS) is 13.9. The smallest absolute Gasteiger partial charge is 0.323 e. The van der Waals surface area contributed by atoms with Crippen LogP contribution in [-0.2, 0) is 4.74 Å². The molecule has 0 aromatic heterocycles. The molecule has 0 bridgehead atoms. The Morgan fingerprint density at radius 1 is 1.06 bits per heavy atom. The van der Waals surface area contributed by atoms with Crippen LogP contribution in [0.25, 0.3) is 0 Å². The quantitative estimate of drug-likeness (QED) is 0.439. The summed E-state index contributed by atoms with van der Waals surface area (Å²) in [7, 11) is 1.58. The molecule has 1 aliphatic heterocycles. The standard InChI is InChI=1S/C26H36N4O4/c1-4-34-16-6-13-27-25(31)23-18-21(9-10-24(23)30-14-11-19(2)12-15-30)29-26(32)28-20-7-5-8-22(17-20)33-3/h5,7-10,17-19H,4,6,11-16H2,1-3H3,(H,27,31)(H2,28,29,32). The molecule has 0 spiro atoms. The highest BCUT2D eigenvalue weighted by atomic mass is 16.5. The molecule has 8 heteroatoms. The zero-order chi connectivity index (χ0) is 24.3. The second-order valence-electron chi connectivity index (χ2n) is 8.52. The Labute approximate surface area is 202 Å². The van der Waals surface area contributed by atoms with E-state index in [-0.39, 0.29) is 5.91 Å². The van der Waals surface area contributed by atoms with E-state index in [0.717, 1.165) is 38.0 Å². The lowest BCUT2D eigenvalue weighted by atomic mass is 9.98. The minimum atomic E-state index is -0.393. The molecule has 1 saturated heterocycles. The molecule has 0 radical (unpaired) electrons. The highest BCUT2D eigenvalue weighted by Gasteiger charge is 2.22. The van der Waals surface area contributed by atoms with Gasteiger partial charge >= 0.3 is 6.03 Å². The van der Waals surface area contributed by atoms with Crippen LogP contribution in [0, 0.1) is 5.92 Å². The van der Waals surface area contributed by atoms with Gasteiger partial charge in [0.15, 0.2) is 0 Å². The lowest BCUT2D eigenvalue weighted by molar-refractivity contribution is 0.0944. The first-order valence-corrected chi connectivity index (χ1v) is 12.0. The molecule has 0 saturated carbocycles. The summed E-state index contributed by atoms with van der Waals surface area (Å²) < 4.78 is 10.6. The third kappa shape index (κ3) is 7.38. The summed E-state index contributed by atoms with van der Waals surface area (Å²) in [5.74, 6) is 1.19. The summed E-state index contributed by atoms with van der Waals surface area (Å²) in [4.78, 5) is 27.9. The number of hydrogen-bond donors (Lipinski definition) is 3. The number of nitrogens with one attached hydrogen (secondary N) is 3. The molecule has 1 aliphatic rings. The van der Waals surface area contributed by atoms with Crippen molar-refractivity contribution in [3.8, 4) is 5.75 Å². The summed E-state index contributed by atoms with van der Waals surface area (Å²) in [6, 6.07) is 12.2. The molecule has 3 rings (SSSR count). The molecular formula is C26H36N4O4. The molecule has 3 N–H and O–H groups in total. The van der Waals surface area contributed by atoms with Gasteiger partial charge in [0.25, 0.3) is 5.91 Å². The molecule has 34 heavy (non-hydrogen) atoms. The monoisotopic (exact) mass is 468 g/mol. The zero-order valence-corrected chi connectivity index (χ0v) is 20.4. The number of methoxy groups -OCH3 is 1. The van der Waals surface area contributed by atoms with Gasteiger partial charge in [0.2, 0.25) is 0 Å². The molecular weight excluding hydrogens is 432 g/mol. The first kappa shape index (κ1) is 25.4. The molecule has 1 fully saturated rings. The van der Waals surface area contributed by atoms with E-state index in [0.29, 0.717) is 48.4 Å². The van der Waals surface area contributed by atoms with Crippen molar-refractivity contribution in [1.82, 2.24) is 5.32 Å². The highest BCUT2D eigenvalue weighted by Crippen LogP contribution is 2.29. The van der Waals surface area contributed by atoms with Crippen molar-refractivity contribution in [3.05, 3.63) is 48.0 Å². The van der Waals surface area contributed by atoms with Crippen LogP contribution in [0.4, 0.5) is 21.9 Å². The van der Waals surface area contributed by atoms with Gasteiger partial charge in [-0.1, -0.05) is 13.0 Å². The Balaban J connectivity index is 1.72. The summed E-state index contributed by atoms with van der Waals surface area (Å²) in [5.41, 5.74) is 2.62. The fourth-order valence-electron chi connectivity index (χ4n) is 3.93. The largest absolute Gasteiger partial charge is 0.497 e. The van der Waals surface area contributed by atoms with Crippen molar-refractivity contribution < 1.29 is 19.1 Å². The van der Waals surface area contributed by atoms with Crippen LogP contribution in [-0.4, -0.2) is 51.9 Å². The van der Waals surface area contributed by atoms with Crippen molar-refractivity contribution in [3.63, 3.8) is 0 Å². The number of anilines is 3. The van der Waals surface area contributed by atoms with Crippen molar-refractivity contribution in [1.29, 1.82) is 0 Å². The van der Waals surface area contributed by atoms with Crippen molar-refractivity contribution in [2.75, 3.05) is 55.5 Å². The Hall–Kier alpha value is -3.26. The van der Waals surface area contributed by atoms with E-state index in [2.05, 4.69) is 27.8 Å². The number of hydrogen-bond acceptors (Lipinski definition) is 5. The van der Waals surface area contributed by atoms with Gasteiger partial charge in [0.05, 0.1) is 12.7 Å². The number of carbonyl (C=O) groups excluding carboxylic acids is 2. The third-order valence-corrected chi connectivity index (χ3v) is 5.91. The Bertz CT molecular complexity index is 958. The first-order valence-electron chi connectivity index (χ1n) is 12.0.